The minimum atomic E-state index is -0.568. The molecule has 1 atom stereocenters. The number of aryl methyl sites for hydroxylation is 1. The maximum Gasteiger partial charge on any atom is 0.270 e. The zero-order valence-corrected chi connectivity index (χ0v) is 10.0. The number of carbonyl (C=O) groups excluding carboxylic acids is 1. The van der Waals surface area contributed by atoms with Gasteiger partial charge in [0.05, 0.1) is 5.69 Å². The molecule has 0 bridgehead atoms. The maximum absolute atomic E-state index is 12.0. The lowest BCUT2D eigenvalue weighted by molar-refractivity contribution is -0.123. The van der Waals surface area contributed by atoms with Crippen LogP contribution >= 0.6 is 0 Å². The van der Waals surface area contributed by atoms with Gasteiger partial charge in [0.25, 0.3) is 5.91 Å². The van der Waals surface area contributed by atoms with Crippen LogP contribution < -0.4 is 10.1 Å². The molecule has 1 aliphatic rings. The van der Waals surface area contributed by atoms with Gasteiger partial charge in [-0.15, -0.1) is 0 Å². The van der Waals surface area contributed by atoms with Gasteiger partial charge in [0, 0.05) is 5.56 Å². The van der Waals surface area contributed by atoms with Crippen LogP contribution in [0.15, 0.2) is 48.5 Å². The van der Waals surface area contributed by atoms with E-state index in [4.69, 9.17) is 4.74 Å². The average Bonchev–Trinajstić information content (AvgIpc) is 2.39. The van der Waals surface area contributed by atoms with Gasteiger partial charge in [0.1, 0.15) is 5.75 Å². The number of hydrogen-bond acceptors (Lipinski definition) is 2. The fourth-order valence-corrected chi connectivity index (χ4v) is 2.07. The molecule has 0 fully saturated rings. The summed E-state index contributed by atoms with van der Waals surface area (Å²) in [7, 11) is 0. The van der Waals surface area contributed by atoms with Crippen LogP contribution in [0.25, 0.3) is 0 Å². The number of ether oxygens (including phenoxy) is 1. The van der Waals surface area contributed by atoms with Crippen LogP contribution in [0, 0.1) is 6.92 Å². The molecule has 1 heterocycles. The summed E-state index contributed by atoms with van der Waals surface area (Å²) in [5.74, 6) is 0.591. The topological polar surface area (TPSA) is 38.3 Å². The number of carbonyl (C=O) groups is 1. The van der Waals surface area contributed by atoms with Crippen molar-refractivity contribution < 1.29 is 9.53 Å². The highest BCUT2D eigenvalue weighted by atomic mass is 16.5. The highest BCUT2D eigenvalue weighted by Crippen LogP contribution is 2.35. The lowest BCUT2D eigenvalue weighted by Crippen LogP contribution is -2.30. The van der Waals surface area contributed by atoms with Crippen molar-refractivity contribution in [2.75, 3.05) is 5.32 Å². The molecule has 2 aromatic rings. The second kappa shape index (κ2) is 4.18. The third-order valence-electron chi connectivity index (χ3n) is 2.98. The van der Waals surface area contributed by atoms with Crippen LogP contribution in [-0.2, 0) is 4.79 Å². The molecule has 90 valence electrons. The van der Waals surface area contributed by atoms with Gasteiger partial charge < -0.3 is 10.1 Å². The first-order valence-electron chi connectivity index (χ1n) is 5.87. The third-order valence-corrected chi connectivity index (χ3v) is 2.98. The summed E-state index contributed by atoms with van der Waals surface area (Å²) < 4.78 is 5.77. The first kappa shape index (κ1) is 10.8. The van der Waals surface area contributed by atoms with Crippen molar-refractivity contribution in [1.82, 2.24) is 0 Å². The SMILES string of the molecule is Cc1ccc2c(c1)NC(=O)C(c1ccccc1)O2. The van der Waals surface area contributed by atoms with Gasteiger partial charge in [-0.05, 0) is 24.6 Å². The van der Waals surface area contributed by atoms with Gasteiger partial charge in [-0.25, -0.2) is 0 Å². The molecular formula is C15H13NO2. The Balaban J connectivity index is 1.97. The summed E-state index contributed by atoms with van der Waals surface area (Å²) >= 11 is 0. The van der Waals surface area contributed by atoms with E-state index in [-0.39, 0.29) is 5.91 Å². The maximum atomic E-state index is 12.0. The van der Waals surface area contributed by atoms with Crippen LogP contribution in [0.3, 0.4) is 0 Å². The van der Waals surface area contributed by atoms with Crippen LogP contribution in [0.4, 0.5) is 5.69 Å². The second-order valence-corrected chi connectivity index (χ2v) is 4.40. The number of benzene rings is 2. The van der Waals surface area contributed by atoms with E-state index in [0.717, 1.165) is 16.8 Å². The van der Waals surface area contributed by atoms with E-state index in [1.54, 1.807) is 0 Å². The van der Waals surface area contributed by atoms with Gasteiger partial charge in [-0.1, -0.05) is 36.4 Å². The fourth-order valence-electron chi connectivity index (χ4n) is 2.07. The molecule has 1 unspecified atom stereocenters. The Morgan fingerprint density at radius 1 is 1.11 bits per heavy atom. The third kappa shape index (κ3) is 1.84. The van der Waals surface area contributed by atoms with Gasteiger partial charge >= 0.3 is 0 Å². The Hall–Kier alpha value is -2.29. The summed E-state index contributed by atoms with van der Waals surface area (Å²) in [4.78, 5) is 12.0. The molecule has 0 spiro atoms. The Morgan fingerprint density at radius 2 is 1.89 bits per heavy atom. The number of amides is 1. The van der Waals surface area contributed by atoms with E-state index in [1.165, 1.54) is 0 Å². The predicted molar refractivity (Wildman–Crippen MR) is 69.6 cm³/mol. The molecule has 3 heteroatoms. The number of anilines is 1. The molecule has 0 saturated heterocycles. The van der Waals surface area contributed by atoms with E-state index in [1.807, 2.05) is 55.5 Å². The Labute approximate surface area is 105 Å². The first-order chi connectivity index (χ1) is 8.74. The molecule has 3 rings (SSSR count). The summed E-state index contributed by atoms with van der Waals surface area (Å²) in [5, 5.41) is 2.89. The van der Waals surface area contributed by atoms with E-state index < -0.39 is 6.10 Å². The Morgan fingerprint density at radius 3 is 2.67 bits per heavy atom. The van der Waals surface area contributed by atoms with Gasteiger partial charge in [-0.3, -0.25) is 4.79 Å². The number of rotatable bonds is 1. The van der Waals surface area contributed by atoms with Crippen molar-refractivity contribution in [1.29, 1.82) is 0 Å². The number of fused-ring (bicyclic) bond motifs is 1. The molecule has 3 nitrogen and oxygen atoms in total. The minimum Gasteiger partial charge on any atom is -0.474 e. The van der Waals surface area contributed by atoms with Crippen molar-refractivity contribution in [3.63, 3.8) is 0 Å². The lowest BCUT2D eigenvalue weighted by atomic mass is 10.1. The monoisotopic (exact) mass is 239 g/mol. The van der Waals surface area contributed by atoms with Crippen molar-refractivity contribution in [3.8, 4) is 5.75 Å². The van der Waals surface area contributed by atoms with E-state index in [0.29, 0.717) is 5.75 Å². The molecular weight excluding hydrogens is 226 g/mol. The zero-order chi connectivity index (χ0) is 12.5. The summed E-state index contributed by atoms with van der Waals surface area (Å²) in [6.07, 6.45) is -0.568. The van der Waals surface area contributed by atoms with E-state index in [2.05, 4.69) is 5.32 Å². The van der Waals surface area contributed by atoms with Gasteiger partial charge in [-0.2, -0.15) is 0 Å². The van der Waals surface area contributed by atoms with Crippen molar-refractivity contribution >= 4 is 11.6 Å². The van der Waals surface area contributed by atoms with Crippen molar-refractivity contribution in [3.05, 3.63) is 59.7 Å². The molecule has 0 aliphatic carbocycles. The molecule has 0 aromatic heterocycles. The number of hydrogen-bond donors (Lipinski definition) is 1. The van der Waals surface area contributed by atoms with E-state index in [9.17, 15) is 4.79 Å². The molecule has 2 aromatic carbocycles. The summed E-state index contributed by atoms with van der Waals surface area (Å²) in [5.41, 5.74) is 2.70. The zero-order valence-electron chi connectivity index (χ0n) is 10.0. The largest absolute Gasteiger partial charge is 0.474 e. The Kier molecular flexibility index (Phi) is 2.52. The Bertz CT molecular complexity index is 593. The highest BCUT2D eigenvalue weighted by molar-refractivity contribution is 5.98. The lowest BCUT2D eigenvalue weighted by Gasteiger charge is -2.26. The second-order valence-electron chi connectivity index (χ2n) is 4.40. The van der Waals surface area contributed by atoms with Crippen LogP contribution in [0.5, 0.6) is 5.75 Å². The highest BCUT2D eigenvalue weighted by Gasteiger charge is 2.28. The average molecular weight is 239 g/mol. The van der Waals surface area contributed by atoms with Crippen molar-refractivity contribution in [2.24, 2.45) is 0 Å². The standard InChI is InChI=1S/C15H13NO2/c1-10-7-8-13-12(9-10)16-15(17)14(18-13)11-5-3-2-4-6-11/h2-9,14H,1H3,(H,16,17). The molecule has 0 radical (unpaired) electrons. The van der Waals surface area contributed by atoms with E-state index >= 15 is 0 Å². The summed E-state index contributed by atoms with van der Waals surface area (Å²) in [6, 6.07) is 15.3. The first-order valence-corrected chi connectivity index (χ1v) is 5.87. The quantitative estimate of drug-likeness (QED) is 0.830. The molecule has 1 N–H and O–H groups in total. The minimum absolute atomic E-state index is 0.126. The van der Waals surface area contributed by atoms with Crippen LogP contribution in [0.2, 0.25) is 0 Å². The van der Waals surface area contributed by atoms with Crippen LogP contribution in [0.1, 0.15) is 17.2 Å². The van der Waals surface area contributed by atoms with Crippen LogP contribution in [-0.4, -0.2) is 5.91 Å². The smallest absolute Gasteiger partial charge is 0.270 e. The summed E-state index contributed by atoms with van der Waals surface area (Å²) in [6.45, 7) is 1.98. The number of nitrogens with one attached hydrogen (secondary N) is 1. The molecule has 18 heavy (non-hydrogen) atoms. The predicted octanol–water partition coefficient (Wildman–Crippen LogP) is 3.07. The van der Waals surface area contributed by atoms with Crippen molar-refractivity contribution in [2.45, 2.75) is 13.0 Å². The molecule has 1 amide bonds. The molecule has 0 saturated carbocycles. The normalized spacial score (nSPS) is 17.6. The van der Waals surface area contributed by atoms with Gasteiger partial charge in [0.2, 0.25) is 6.10 Å². The van der Waals surface area contributed by atoms with Gasteiger partial charge in [0.15, 0.2) is 0 Å². The fraction of sp³-hybridized carbons (Fsp3) is 0.133. The molecule has 1 aliphatic heterocycles.